The first kappa shape index (κ1) is 16.4. The highest BCUT2D eigenvalue weighted by Crippen LogP contribution is 2.10. The molecule has 0 heterocycles. The van der Waals surface area contributed by atoms with E-state index in [1.807, 2.05) is 0 Å². The molecule has 0 radical (unpaired) electrons. The molecule has 0 aliphatic heterocycles. The average molecular weight is 303 g/mol. The highest BCUT2D eigenvalue weighted by Gasteiger charge is 2.11. The Bertz CT molecular complexity index is 602. The molecule has 0 aliphatic rings. The van der Waals surface area contributed by atoms with Crippen molar-refractivity contribution < 1.29 is 18.0 Å². The molecule has 20 heavy (non-hydrogen) atoms. The van der Waals surface area contributed by atoms with Crippen LogP contribution < -0.4 is 11.1 Å². The van der Waals surface area contributed by atoms with Crippen molar-refractivity contribution in [1.29, 1.82) is 0 Å². The third-order valence-corrected chi connectivity index (χ3v) is 3.76. The van der Waals surface area contributed by atoms with E-state index in [-0.39, 0.29) is 29.7 Å². The number of rotatable bonds is 6. The molecule has 0 aliphatic carbocycles. The fourth-order valence-corrected chi connectivity index (χ4v) is 2.73. The molecule has 0 saturated heterocycles. The second kappa shape index (κ2) is 6.67. The van der Waals surface area contributed by atoms with E-state index in [4.69, 9.17) is 10.9 Å². The lowest BCUT2D eigenvalue weighted by Gasteiger charge is -2.13. The van der Waals surface area contributed by atoms with Crippen LogP contribution in [-0.4, -0.2) is 37.5 Å². The smallest absolute Gasteiger partial charge is 0.170 e. The van der Waals surface area contributed by atoms with Crippen molar-refractivity contribution in [2.45, 2.75) is 19.5 Å². The first-order chi connectivity index (χ1) is 9.23. The average Bonchev–Trinajstić information content (AvgIpc) is 2.34. The summed E-state index contributed by atoms with van der Waals surface area (Å²) < 4.78 is 36.0. The minimum absolute atomic E-state index is 0.0170. The zero-order valence-corrected chi connectivity index (χ0v) is 12.1. The molecule has 6 nitrogen and oxygen atoms in total. The molecule has 4 N–H and O–H groups in total. The maximum atomic E-state index is 13.8. The van der Waals surface area contributed by atoms with E-state index in [2.05, 4.69) is 10.5 Å². The number of nitrogens with two attached hydrogens (primary N) is 1. The highest BCUT2D eigenvalue weighted by molar-refractivity contribution is 7.90. The van der Waals surface area contributed by atoms with Gasteiger partial charge in [-0.1, -0.05) is 17.3 Å². The van der Waals surface area contributed by atoms with E-state index < -0.39 is 15.7 Å². The minimum Gasteiger partial charge on any atom is -0.409 e. The van der Waals surface area contributed by atoms with Crippen LogP contribution in [0.1, 0.15) is 18.1 Å². The van der Waals surface area contributed by atoms with Crippen molar-refractivity contribution in [3.63, 3.8) is 0 Å². The number of sulfone groups is 1. The number of hydrogen-bond acceptors (Lipinski definition) is 5. The van der Waals surface area contributed by atoms with Gasteiger partial charge in [0.2, 0.25) is 0 Å². The zero-order valence-electron chi connectivity index (χ0n) is 11.3. The maximum Gasteiger partial charge on any atom is 0.170 e. The Morgan fingerprint density at radius 1 is 1.55 bits per heavy atom. The van der Waals surface area contributed by atoms with Crippen molar-refractivity contribution in [3.05, 3.63) is 35.1 Å². The van der Waals surface area contributed by atoms with E-state index in [0.717, 1.165) is 12.3 Å². The number of amidine groups is 1. The molecule has 1 aromatic rings. The van der Waals surface area contributed by atoms with Crippen LogP contribution in [0.5, 0.6) is 0 Å². The number of oxime groups is 1. The Balaban J connectivity index is 2.70. The molecule has 0 spiro atoms. The lowest BCUT2D eigenvalue weighted by molar-refractivity contribution is 0.318. The molecule has 1 unspecified atom stereocenters. The molecule has 1 aromatic carbocycles. The Kier molecular flexibility index (Phi) is 5.46. The highest BCUT2D eigenvalue weighted by atomic mass is 32.2. The van der Waals surface area contributed by atoms with Gasteiger partial charge in [-0.05, 0) is 13.0 Å². The summed E-state index contributed by atoms with van der Waals surface area (Å²) in [5, 5.41) is 14.2. The first-order valence-corrected chi connectivity index (χ1v) is 7.96. The van der Waals surface area contributed by atoms with Crippen molar-refractivity contribution in [3.8, 4) is 0 Å². The Morgan fingerprint density at radius 3 is 2.70 bits per heavy atom. The molecule has 0 bridgehead atoms. The summed E-state index contributed by atoms with van der Waals surface area (Å²) in [5.74, 6) is -0.696. The van der Waals surface area contributed by atoms with E-state index in [1.54, 1.807) is 6.92 Å². The molecular weight excluding hydrogens is 285 g/mol. The lowest BCUT2D eigenvalue weighted by Crippen LogP contribution is -2.32. The predicted molar refractivity (Wildman–Crippen MR) is 74.9 cm³/mol. The van der Waals surface area contributed by atoms with Crippen LogP contribution in [0.15, 0.2) is 23.4 Å². The second-order valence-corrected chi connectivity index (χ2v) is 6.85. The number of nitrogens with one attached hydrogen (secondary N) is 1. The van der Waals surface area contributed by atoms with Gasteiger partial charge in [-0.3, -0.25) is 0 Å². The van der Waals surface area contributed by atoms with E-state index in [0.29, 0.717) is 5.56 Å². The van der Waals surface area contributed by atoms with Crippen LogP contribution in [-0.2, 0) is 16.4 Å². The van der Waals surface area contributed by atoms with Gasteiger partial charge in [-0.25, -0.2) is 12.8 Å². The number of hydrogen-bond donors (Lipinski definition) is 3. The summed E-state index contributed by atoms with van der Waals surface area (Å²) >= 11 is 0. The molecule has 8 heteroatoms. The van der Waals surface area contributed by atoms with E-state index in [9.17, 15) is 12.8 Å². The van der Waals surface area contributed by atoms with Crippen molar-refractivity contribution in [2.75, 3.05) is 12.0 Å². The molecule has 112 valence electrons. The lowest BCUT2D eigenvalue weighted by atomic mass is 10.1. The van der Waals surface area contributed by atoms with Gasteiger partial charge in [0.05, 0.1) is 5.75 Å². The summed E-state index contributed by atoms with van der Waals surface area (Å²) in [6.07, 6.45) is 1.15. The largest absolute Gasteiger partial charge is 0.409 e. The van der Waals surface area contributed by atoms with Gasteiger partial charge in [0.25, 0.3) is 0 Å². The first-order valence-electron chi connectivity index (χ1n) is 5.90. The standard InChI is InChI=1S/C12H18FN3O3S/c1-8(7-20(2,18)19)15-6-10-4-3-9(5-11(10)13)12(14)16-17/h3-5,8,15,17H,6-7H2,1-2H3,(H2,14,16). The normalized spacial score (nSPS) is 14.2. The third-order valence-electron chi connectivity index (χ3n) is 2.65. The van der Waals surface area contributed by atoms with Crippen molar-refractivity contribution in [2.24, 2.45) is 10.9 Å². The Labute approximate surface area is 117 Å². The number of halogens is 1. The number of benzene rings is 1. The zero-order chi connectivity index (χ0) is 15.3. The summed E-state index contributed by atoms with van der Waals surface area (Å²) in [7, 11) is -3.08. The summed E-state index contributed by atoms with van der Waals surface area (Å²) in [5.41, 5.74) is 6.01. The Morgan fingerprint density at radius 2 is 2.20 bits per heavy atom. The predicted octanol–water partition coefficient (Wildman–Crippen LogP) is 0.443. The molecule has 1 rings (SSSR count). The number of nitrogens with zero attached hydrogens (tertiary/aromatic N) is 1. The van der Waals surface area contributed by atoms with Crippen LogP contribution in [0.4, 0.5) is 4.39 Å². The van der Waals surface area contributed by atoms with Crippen LogP contribution >= 0.6 is 0 Å². The fraction of sp³-hybridized carbons (Fsp3) is 0.417. The van der Waals surface area contributed by atoms with Gasteiger partial charge in [-0.2, -0.15) is 0 Å². The van der Waals surface area contributed by atoms with Gasteiger partial charge in [-0.15, -0.1) is 0 Å². The monoisotopic (exact) mass is 303 g/mol. The quantitative estimate of drug-likeness (QED) is 0.306. The van der Waals surface area contributed by atoms with Crippen LogP contribution in [0.25, 0.3) is 0 Å². The molecule has 0 saturated carbocycles. The van der Waals surface area contributed by atoms with E-state index >= 15 is 0 Å². The SMILES string of the molecule is CC(CS(C)(=O)=O)NCc1ccc(C(N)=NO)cc1F. The molecular formula is C12H18FN3O3S. The fourth-order valence-electron chi connectivity index (χ4n) is 1.70. The summed E-state index contributed by atoms with van der Waals surface area (Å²) in [4.78, 5) is 0. The second-order valence-electron chi connectivity index (χ2n) is 4.67. The van der Waals surface area contributed by atoms with E-state index in [1.165, 1.54) is 12.1 Å². The van der Waals surface area contributed by atoms with Crippen LogP contribution in [0, 0.1) is 5.82 Å². The molecule has 0 fully saturated rings. The Hall–Kier alpha value is -1.67. The third kappa shape index (κ3) is 5.14. The van der Waals surface area contributed by atoms with Crippen LogP contribution in [0.2, 0.25) is 0 Å². The summed E-state index contributed by atoms with van der Waals surface area (Å²) in [6, 6.07) is 3.90. The minimum atomic E-state index is -3.08. The van der Waals surface area contributed by atoms with Crippen molar-refractivity contribution >= 4 is 15.7 Å². The van der Waals surface area contributed by atoms with Crippen LogP contribution in [0.3, 0.4) is 0 Å². The van der Waals surface area contributed by atoms with Gasteiger partial charge in [0.15, 0.2) is 5.84 Å². The van der Waals surface area contributed by atoms with Gasteiger partial charge in [0.1, 0.15) is 15.7 Å². The van der Waals surface area contributed by atoms with Crippen molar-refractivity contribution in [1.82, 2.24) is 5.32 Å². The molecule has 0 amide bonds. The van der Waals surface area contributed by atoms with Gasteiger partial charge in [0, 0.05) is 30.0 Å². The van der Waals surface area contributed by atoms with Gasteiger partial charge < -0.3 is 16.3 Å². The topological polar surface area (TPSA) is 105 Å². The molecule has 1 atom stereocenters. The molecule has 0 aromatic heterocycles. The van der Waals surface area contributed by atoms with Gasteiger partial charge >= 0.3 is 0 Å². The maximum absolute atomic E-state index is 13.8. The summed E-state index contributed by atoms with van der Waals surface area (Å²) in [6.45, 7) is 1.91.